The number of hydrogen-bond acceptors (Lipinski definition) is 2. The smallest absolute Gasteiger partial charge is 0.251 e. The Morgan fingerprint density at radius 2 is 1.64 bits per heavy atom. The van der Waals surface area contributed by atoms with E-state index >= 15 is 0 Å². The maximum atomic E-state index is 13.6. The van der Waals surface area contributed by atoms with Gasteiger partial charge in [0.05, 0.1) is 5.56 Å². The zero-order valence-corrected chi connectivity index (χ0v) is 16.1. The zero-order valence-electron chi connectivity index (χ0n) is 16.1. The summed E-state index contributed by atoms with van der Waals surface area (Å²) in [7, 11) is 0. The molecule has 0 aromatic heterocycles. The summed E-state index contributed by atoms with van der Waals surface area (Å²) in [4.78, 5) is 12.2. The van der Waals surface area contributed by atoms with E-state index in [1.807, 2.05) is 0 Å². The summed E-state index contributed by atoms with van der Waals surface area (Å²) in [5.41, 5.74) is 1.73. The van der Waals surface area contributed by atoms with Crippen LogP contribution >= 0.6 is 0 Å². The van der Waals surface area contributed by atoms with Gasteiger partial charge < -0.3 is 10.6 Å². The second-order valence-electron chi connectivity index (χ2n) is 7.21. The largest absolute Gasteiger partial charge is 0.352 e. The first-order chi connectivity index (χ1) is 13.7. The molecular formula is C24H27FN2O. The molecule has 1 aliphatic rings. The first-order valence-electron chi connectivity index (χ1n) is 10.1. The minimum atomic E-state index is -0.329. The molecule has 146 valence electrons. The molecule has 1 saturated carbocycles. The van der Waals surface area contributed by atoms with Gasteiger partial charge >= 0.3 is 0 Å². The summed E-state index contributed by atoms with van der Waals surface area (Å²) >= 11 is 0. The molecule has 1 aliphatic carbocycles. The average molecular weight is 378 g/mol. The highest BCUT2D eigenvalue weighted by molar-refractivity contribution is 5.94. The fourth-order valence-corrected chi connectivity index (χ4v) is 2.91. The van der Waals surface area contributed by atoms with Gasteiger partial charge in [-0.2, -0.15) is 0 Å². The van der Waals surface area contributed by atoms with Gasteiger partial charge in [0, 0.05) is 23.7 Å². The third kappa shape index (κ3) is 6.83. The number of hydrogen-bond donors (Lipinski definition) is 2. The minimum Gasteiger partial charge on any atom is -0.352 e. The summed E-state index contributed by atoms with van der Waals surface area (Å²) in [5, 5.41) is 6.48. The van der Waals surface area contributed by atoms with Crippen LogP contribution in [0.4, 0.5) is 4.39 Å². The molecule has 4 heteroatoms. The Morgan fingerprint density at radius 3 is 2.36 bits per heavy atom. The molecular weight excluding hydrogens is 351 g/mol. The van der Waals surface area contributed by atoms with Crippen LogP contribution in [0.25, 0.3) is 0 Å². The van der Waals surface area contributed by atoms with Gasteiger partial charge in [-0.1, -0.05) is 36.8 Å². The Balaban J connectivity index is 1.36. The number of unbranched alkanes of at least 4 members (excludes halogenated alkanes) is 3. The molecule has 3 nitrogen and oxygen atoms in total. The Hall–Kier alpha value is -2.64. The lowest BCUT2D eigenvalue weighted by atomic mass is 10.1. The normalized spacial score (nSPS) is 12.9. The molecule has 3 rings (SSSR count). The van der Waals surface area contributed by atoms with Crippen molar-refractivity contribution in [2.24, 2.45) is 0 Å². The van der Waals surface area contributed by atoms with E-state index in [0.29, 0.717) is 17.7 Å². The summed E-state index contributed by atoms with van der Waals surface area (Å²) in [5.74, 6) is 5.35. The van der Waals surface area contributed by atoms with Crippen molar-refractivity contribution in [3.8, 4) is 11.8 Å². The first-order valence-corrected chi connectivity index (χ1v) is 10.1. The molecule has 0 saturated heterocycles. The van der Waals surface area contributed by atoms with Crippen molar-refractivity contribution in [3.63, 3.8) is 0 Å². The van der Waals surface area contributed by atoms with Gasteiger partial charge in [0.2, 0.25) is 0 Å². The third-order valence-electron chi connectivity index (χ3n) is 4.76. The molecule has 0 spiro atoms. The molecule has 0 bridgehead atoms. The fraction of sp³-hybridized carbons (Fsp3) is 0.375. The highest BCUT2D eigenvalue weighted by atomic mass is 19.1. The van der Waals surface area contributed by atoms with Crippen molar-refractivity contribution in [1.29, 1.82) is 0 Å². The lowest BCUT2D eigenvalue weighted by Crippen LogP contribution is -2.24. The molecule has 0 unspecified atom stereocenters. The molecule has 28 heavy (non-hydrogen) atoms. The van der Waals surface area contributed by atoms with Crippen molar-refractivity contribution in [3.05, 3.63) is 71.0 Å². The predicted molar refractivity (Wildman–Crippen MR) is 111 cm³/mol. The SMILES string of the molecule is O=C(NCCCCCCNC1CC1)c1ccc(C#Cc2ccccc2F)cc1. The van der Waals surface area contributed by atoms with E-state index in [2.05, 4.69) is 22.5 Å². The van der Waals surface area contributed by atoms with Crippen LogP contribution in [0.3, 0.4) is 0 Å². The molecule has 0 aliphatic heterocycles. The van der Waals surface area contributed by atoms with Gasteiger partial charge in [-0.05, 0) is 68.6 Å². The van der Waals surface area contributed by atoms with Gasteiger partial charge in [-0.3, -0.25) is 4.79 Å². The second kappa shape index (κ2) is 10.6. The highest BCUT2D eigenvalue weighted by Crippen LogP contribution is 2.18. The van der Waals surface area contributed by atoms with E-state index in [1.54, 1.807) is 42.5 Å². The van der Waals surface area contributed by atoms with Gasteiger partial charge in [-0.25, -0.2) is 4.39 Å². The summed E-state index contributed by atoms with van der Waals surface area (Å²) in [6.45, 7) is 1.81. The van der Waals surface area contributed by atoms with Crippen LogP contribution in [0.15, 0.2) is 48.5 Å². The van der Waals surface area contributed by atoms with E-state index < -0.39 is 0 Å². The molecule has 2 N–H and O–H groups in total. The molecule has 1 fully saturated rings. The molecule has 2 aromatic rings. The maximum absolute atomic E-state index is 13.6. The Labute approximate surface area is 166 Å². The standard InChI is InChI=1S/C24H27FN2O/c25-23-8-4-3-7-20(23)12-9-19-10-13-21(14-11-19)24(28)27-18-6-2-1-5-17-26-22-15-16-22/h3-4,7-8,10-11,13-14,22,26H,1-2,5-6,15-18H2,(H,27,28). The maximum Gasteiger partial charge on any atom is 0.251 e. The molecule has 0 heterocycles. The Morgan fingerprint density at radius 1 is 0.929 bits per heavy atom. The predicted octanol–water partition coefficient (Wildman–Crippen LogP) is 4.27. The van der Waals surface area contributed by atoms with Crippen molar-refractivity contribution in [2.45, 2.75) is 44.6 Å². The van der Waals surface area contributed by atoms with Crippen LogP contribution in [0.1, 0.15) is 60.0 Å². The van der Waals surface area contributed by atoms with E-state index in [1.165, 1.54) is 31.7 Å². The van der Waals surface area contributed by atoms with Crippen molar-refractivity contribution in [1.82, 2.24) is 10.6 Å². The Kier molecular flexibility index (Phi) is 7.63. The lowest BCUT2D eigenvalue weighted by Gasteiger charge is -2.06. The summed E-state index contributed by atoms with van der Waals surface area (Å²) < 4.78 is 13.6. The number of benzene rings is 2. The lowest BCUT2D eigenvalue weighted by molar-refractivity contribution is 0.0953. The minimum absolute atomic E-state index is 0.0657. The van der Waals surface area contributed by atoms with E-state index in [4.69, 9.17) is 0 Å². The number of halogens is 1. The number of carbonyl (C=O) groups is 1. The number of rotatable bonds is 9. The number of amides is 1. The van der Waals surface area contributed by atoms with E-state index in [9.17, 15) is 9.18 Å². The van der Waals surface area contributed by atoms with Gasteiger partial charge in [0.1, 0.15) is 5.82 Å². The van der Waals surface area contributed by atoms with Crippen molar-refractivity contribution < 1.29 is 9.18 Å². The molecule has 2 aromatic carbocycles. The van der Waals surface area contributed by atoms with Crippen LogP contribution in [0.2, 0.25) is 0 Å². The van der Waals surface area contributed by atoms with Gasteiger partial charge in [-0.15, -0.1) is 0 Å². The van der Waals surface area contributed by atoms with Crippen molar-refractivity contribution in [2.75, 3.05) is 13.1 Å². The summed E-state index contributed by atoms with van der Waals surface area (Å²) in [6.07, 6.45) is 7.22. The number of carbonyl (C=O) groups excluding carboxylic acids is 1. The van der Waals surface area contributed by atoms with Crippen LogP contribution < -0.4 is 10.6 Å². The quantitative estimate of drug-likeness (QED) is 0.505. The van der Waals surface area contributed by atoms with Gasteiger partial charge in [0.15, 0.2) is 0 Å². The first kappa shape index (κ1) is 20.1. The van der Waals surface area contributed by atoms with E-state index in [-0.39, 0.29) is 11.7 Å². The average Bonchev–Trinajstić information content (AvgIpc) is 3.54. The molecule has 0 radical (unpaired) electrons. The van der Waals surface area contributed by atoms with Crippen molar-refractivity contribution >= 4 is 5.91 Å². The summed E-state index contributed by atoms with van der Waals surface area (Å²) in [6, 6.07) is 14.3. The van der Waals surface area contributed by atoms with Crippen LogP contribution in [-0.4, -0.2) is 25.0 Å². The van der Waals surface area contributed by atoms with Crippen LogP contribution in [0.5, 0.6) is 0 Å². The second-order valence-corrected chi connectivity index (χ2v) is 7.21. The van der Waals surface area contributed by atoms with E-state index in [0.717, 1.165) is 31.0 Å². The topological polar surface area (TPSA) is 41.1 Å². The number of nitrogens with one attached hydrogen (secondary N) is 2. The third-order valence-corrected chi connectivity index (χ3v) is 4.76. The highest BCUT2D eigenvalue weighted by Gasteiger charge is 2.19. The van der Waals surface area contributed by atoms with Gasteiger partial charge in [0.25, 0.3) is 5.91 Å². The monoisotopic (exact) mass is 378 g/mol. The fourth-order valence-electron chi connectivity index (χ4n) is 2.91. The van der Waals surface area contributed by atoms with Crippen LogP contribution in [-0.2, 0) is 0 Å². The Bertz CT molecular complexity index is 832. The zero-order chi connectivity index (χ0) is 19.6. The molecule has 0 atom stereocenters. The molecule has 1 amide bonds. The van der Waals surface area contributed by atoms with Crippen LogP contribution in [0, 0.1) is 17.7 Å².